The largest absolute Gasteiger partial charge is 0.456 e. The van der Waals surface area contributed by atoms with E-state index in [-0.39, 0.29) is 13.2 Å². The molecule has 0 amide bonds. The van der Waals surface area contributed by atoms with Crippen LogP contribution in [0.15, 0.2) is 60.7 Å². The highest BCUT2D eigenvalue weighted by atomic mass is 16.8. The molecule has 3 aliphatic heterocycles. The normalized spacial score (nSPS) is 32.6. The van der Waals surface area contributed by atoms with Crippen molar-refractivity contribution < 1.29 is 66.5 Å². The summed E-state index contributed by atoms with van der Waals surface area (Å²) in [6, 6.07) is 18.9. The Labute approximate surface area is 284 Å². The first kappa shape index (κ1) is 36.4. The number of benzene rings is 2. The van der Waals surface area contributed by atoms with E-state index in [1.165, 1.54) is 20.8 Å². The Kier molecular flexibility index (Phi) is 12.4. The number of hydrogen-bond acceptors (Lipinski definition) is 14. The lowest BCUT2D eigenvalue weighted by Gasteiger charge is -2.50. The molecule has 14 nitrogen and oxygen atoms in total. The van der Waals surface area contributed by atoms with Gasteiger partial charge in [-0.2, -0.15) is 0 Å². The summed E-state index contributed by atoms with van der Waals surface area (Å²) in [5, 5.41) is 0. The maximum atomic E-state index is 12.6. The predicted octanol–water partition coefficient (Wildman–Crippen LogP) is 2.94. The second kappa shape index (κ2) is 16.7. The van der Waals surface area contributed by atoms with Crippen LogP contribution >= 0.6 is 0 Å². The highest BCUT2D eigenvalue weighted by Gasteiger charge is 2.57. The van der Waals surface area contributed by atoms with Gasteiger partial charge >= 0.3 is 23.9 Å². The molecule has 0 radical (unpaired) electrons. The molecule has 2 aromatic carbocycles. The highest BCUT2D eigenvalue weighted by molar-refractivity contribution is 5.68. The number of fused-ring (bicyclic) bond motifs is 1. The third kappa shape index (κ3) is 9.41. The van der Waals surface area contributed by atoms with Crippen molar-refractivity contribution in [3.05, 3.63) is 71.8 Å². The first-order chi connectivity index (χ1) is 23.5. The summed E-state index contributed by atoms with van der Waals surface area (Å²) in [7, 11) is 0. The van der Waals surface area contributed by atoms with E-state index < -0.39 is 91.6 Å². The van der Waals surface area contributed by atoms with Crippen molar-refractivity contribution in [2.45, 2.75) is 109 Å². The number of hydrogen-bond donors (Lipinski definition) is 0. The van der Waals surface area contributed by atoms with Crippen LogP contribution in [0.25, 0.3) is 0 Å². The highest BCUT2D eigenvalue weighted by Crippen LogP contribution is 2.39. The molecular formula is C35H42O14. The summed E-state index contributed by atoms with van der Waals surface area (Å²) < 4.78 is 60.2. The molecule has 3 fully saturated rings. The van der Waals surface area contributed by atoms with Crippen LogP contribution in [0.3, 0.4) is 0 Å². The van der Waals surface area contributed by atoms with Crippen LogP contribution < -0.4 is 0 Å². The molecule has 3 saturated heterocycles. The quantitative estimate of drug-likeness (QED) is 0.251. The molecule has 0 spiro atoms. The van der Waals surface area contributed by atoms with E-state index in [1.54, 1.807) is 6.92 Å². The molecule has 5 rings (SSSR count). The molecule has 2 aromatic rings. The molecule has 49 heavy (non-hydrogen) atoms. The van der Waals surface area contributed by atoms with Crippen LogP contribution in [0.4, 0.5) is 0 Å². The van der Waals surface area contributed by atoms with Gasteiger partial charge in [0.05, 0.1) is 19.3 Å². The lowest BCUT2D eigenvalue weighted by molar-refractivity contribution is -0.391. The zero-order chi connectivity index (χ0) is 35.1. The lowest BCUT2D eigenvalue weighted by Crippen LogP contribution is -2.67. The number of esters is 4. The minimum Gasteiger partial charge on any atom is -0.456 e. The SMILES string of the molecule is CC(=O)O[C@@H]1[C@@H](OC(C)=O)[C@H](C)O[C@@H](O[C@@H]2[C@@H](OC(C)=O)[C@H](OCCc3ccccc3)O[C@@H]3COC(c4ccccc4)O[C@@H]23)[C@@H]1OC(C)=O. The van der Waals surface area contributed by atoms with Crippen molar-refractivity contribution in [1.29, 1.82) is 0 Å². The minimum absolute atomic E-state index is 0.0648. The summed E-state index contributed by atoms with van der Waals surface area (Å²) >= 11 is 0. The fourth-order valence-corrected chi connectivity index (χ4v) is 6.10. The van der Waals surface area contributed by atoms with Gasteiger partial charge in [0.1, 0.15) is 18.3 Å². The van der Waals surface area contributed by atoms with Crippen molar-refractivity contribution in [3.8, 4) is 0 Å². The van der Waals surface area contributed by atoms with Crippen molar-refractivity contribution >= 4 is 23.9 Å². The lowest BCUT2D eigenvalue weighted by atomic mass is 9.95. The Hall–Kier alpha value is -3.92. The molecule has 0 aromatic heterocycles. The number of carbonyl (C=O) groups is 4. The van der Waals surface area contributed by atoms with Crippen LogP contribution in [-0.4, -0.2) is 98.5 Å². The van der Waals surface area contributed by atoms with E-state index in [4.69, 9.17) is 47.4 Å². The molecule has 0 bridgehead atoms. The zero-order valence-corrected chi connectivity index (χ0v) is 28.0. The van der Waals surface area contributed by atoms with Gasteiger partial charge in [-0.3, -0.25) is 19.2 Å². The van der Waals surface area contributed by atoms with Gasteiger partial charge in [-0.25, -0.2) is 0 Å². The summed E-state index contributed by atoms with van der Waals surface area (Å²) in [6.07, 6.45) is -11.7. The Morgan fingerprint density at radius 2 is 1.20 bits per heavy atom. The molecule has 3 aliphatic rings. The average Bonchev–Trinajstić information content (AvgIpc) is 3.05. The third-order valence-electron chi connectivity index (χ3n) is 8.10. The van der Waals surface area contributed by atoms with E-state index in [1.807, 2.05) is 60.7 Å². The third-order valence-corrected chi connectivity index (χ3v) is 8.10. The summed E-state index contributed by atoms with van der Waals surface area (Å²) in [5.74, 6) is -2.78. The Bertz CT molecular complexity index is 1420. The maximum Gasteiger partial charge on any atom is 0.303 e. The molecule has 11 atom stereocenters. The van der Waals surface area contributed by atoms with E-state index in [0.717, 1.165) is 18.1 Å². The fourth-order valence-electron chi connectivity index (χ4n) is 6.10. The van der Waals surface area contributed by atoms with Crippen molar-refractivity contribution in [1.82, 2.24) is 0 Å². The van der Waals surface area contributed by atoms with Crippen LogP contribution in [0, 0.1) is 0 Å². The maximum absolute atomic E-state index is 12.6. The molecule has 0 N–H and O–H groups in total. The molecular weight excluding hydrogens is 644 g/mol. The first-order valence-corrected chi connectivity index (χ1v) is 16.1. The first-order valence-electron chi connectivity index (χ1n) is 16.1. The Morgan fingerprint density at radius 3 is 1.82 bits per heavy atom. The van der Waals surface area contributed by atoms with Crippen LogP contribution in [0.5, 0.6) is 0 Å². The van der Waals surface area contributed by atoms with Gasteiger partial charge in [-0.05, 0) is 18.9 Å². The van der Waals surface area contributed by atoms with E-state index in [2.05, 4.69) is 0 Å². The van der Waals surface area contributed by atoms with Crippen LogP contribution in [-0.2, 0) is 73.0 Å². The standard InChI is InChI=1S/C35H42O14/c1-19-27(43-20(2)36)29(44-21(3)37)32(46-23(5)39)35(42-19)49-30-28-26(18-41-33(48-28)25-14-10-7-11-15-25)47-34(31(30)45-22(4)38)40-17-16-24-12-8-6-9-13-24/h6-15,19,26-35H,16-18H2,1-5H3/t19-,26+,27-,28+,29+,30-,31+,32+,33?,34+,35-/m0/s1. The van der Waals surface area contributed by atoms with Gasteiger partial charge in [0.25, 0.3) is 0 Å². The average molecular weight is 687 g/mol. The van der Waals surface area contributed by atoms with Gasteiger partial charge in [-0.15, -0.1) is 0 Å². The molecule has 3 heterocycles. The summed E-state index contributed by atoms with van der Waals surface area (Å²) in [4.78, 5) is 49.2. The van der Waals surface area contributed by atoms with Gasteiger partial charge < -0.3 is 47.4 Å². The van der Waals surface area contributed by atoms with Crippen molar-refractivity contribution in [2.24, 2.45) is 0 Å². The number of rotatable bonds is 11. The van der Waals surface area contributed by atoms with Gasteiger partial charge in [-0.1, -0.05) is 60.7 Å². The zero-order valence-electron chi connectivity index (χ0n) is 28.0. The smallest absolute Gasteiger partial charge is 0.303 e. The Morgan fingerprint density at radius 1 is 0.653 bits per heavy atom. The van der Waals surface area contributed by atoms with E-state index in [9.17, 15) is 19.2 Å². The summed E-state index contributed by atoms with van der Waals surface area (Å²) in [5.41, 5.74) is 1.75. The predicted molar refractivity (Wildman–Crippen MR) is 166 cm³/mol. The van der Waals surface area contributed by atoms with Crippen molar-refractivity contribution in [2.75, 3.05) is 13.2 Å². The van der Waals surface area contributed by atoms with Crippen LogP contribution in [0.2, 0.25) is 0 Å². The number of carbonyl (C=O) groups excluding carboxylic acids is 4. The Balaban J connectivity index is 1.49. The molecule has 0 aliphatic carbocycles. The monoisotopic (exact) mass is 686 g/mol. The topological polar surface area (TPSA) is 161 Å². The van der Waals surface area contributed by atoms with Crippen LogP contribution in [0.1, 0.15) is 52.0 Å². The minimum atomic E-state index is -1.43. The fraction of sp³-hybridized carbons (Fsp3) is 0.543. The number of ether oxygens (including phenoxy) is 10. The molecule has 266 valence electrons. The van der Waals surface area contributed by atoms with Gasteiger partial charge in [0.2, 0.25) is 0 Å². The molecule has 14 heteroatoms. The summed E-state index contributed by atoms with van der Waals surface area (Å²) in [6.45, 7) is 6.62. The molecule has 1 unspecified atom stereocenters. The van der Waals surface area contributed by atoms with Gasteiger partial charge in [0, 0.05) is 33.3 Å². The van der Waals surface area contributed by atoms with Crippen molar-refractivity contribution in [3.63, 3.8) is 0 Å². The van der Waals surface area contributed by atoms with E-state index >= 15 is 0 Å². The second-order valence-electron chi connectivity index (χ2n) is 11.9. The second-order valence-corrected chi connectivity index (χ2v) is 11.9. The van der Waals surface area contributed by atoms with Gasteiger partial charge in [0.15, 0.2) is 43.3 Å². The molecule has 0 saturated carbocycles. The van der Waals surface area contributed by atoms with E-state index in [0.29, 0.717) is 6.42 Å².